The maximum Gasteiger partial charge on any atom is 0.191 e. The normalized spacial score (nSPS) is 16.2. The summed E-state index contributed by atoms with van der Waals surface area (Å²) in [6, 6.07) is 12.4. The number of para-hydroxylation sites is 1. The summed E-state index contributed by atoms with van der Waals surface area (Å²) in [7, 11) is 3.55. The van der Waals surface area contributed by atoms with Gasteiger partial charge in [-0.25, -0.2) is 4.98 Å². The van der Waals surface area contributed by atoms with Crippen molar-refractivity contribution >= 4 is 17.6 Å². The van der Waals surface area contributed by atoms with Crippen molar-refractivity contribution in [3.05, 3.63) is 58.9 Å². The number of nitrogens with one attached hydrogen (secondary N) is 2. The van der Waals surface area contributed by atoms with Gasteiger partial charge in [0.2, 0.25) is 0 Å². The number of likely N-dealkylation sites (tertiary alicyclic amines) is 1. The monoisotopic (exact) mass is 429 g/mol. The molecule has 1 saturated heterocycles. The van der Waals surface area contributed by atoms with Gasteiger partial charge in [-0.3, -0.25) is 9.89 Å². The zero-order valence-corrected chi connectivity index (χ0v) is 18.7. The van der Waals surface area contributed by atoms with Crippen LogP contribution in [0.25, 0.3) is 0 Å². The molecule has 162 valence electrons. The number of methoxy groups -OCH3 is 1. The third-order valence-electron chi connectivity index (χ3n) is 5.51. The molecule has 1 unspecified atom stereocenters. The number of ether oxygens (including phenoxy) is 1. The fourth-order valence-electron chi connectivity index (χ4n) is 3.90. The van der Waals surface area contributed by atoms with E-state index in [0.29, 0.717) is 5.15 Å². The summed E-state index contributed by atoms with van der Waals surface area (Å²) in [5.41, 5.74) is 2.36. The molecule has 1 fully saturated rings. The Bertz CT molecular complexity index is 805. The first-order valence-electron chi connectivity index (χ1n) is 10.6. The molecule has 2 N–H and O–H groups in total. The quantitative estimate of drug-likeness (QED) is 0.381. The number of guanidine groups is 1. The Balaban J connectivity index is 1.61. The van der Waals surface area contributed by atoms with Crippen molar-refractivity contribution in [2.75, 3.05) is 40.3 Å². The maximum absolute atomic E-state index is 5.86. The number of piperidine rings is 1. The Hall–Kier alpha value is -2.31. The van der Waals surface area contributed by atoms with Crippen LogP contribution in [0.5, 0.6) is 5.75 Å². The smallest absolute Gasteiger partial charge is 0.191 e. The molecule has 0 aliphatic carbocycles. The largest absolute Gasteiger partial charge is 0.496 e. The lowest BCUT2D eigenvalue weighted by atomic mass is 10.0. The lowest BCUT2D eigenvalue weighted by Gasteiger charge is -2.35. The molecular weight excluding hydrogens is 398 g/mol. The molecule has 2 aromatic rings. The highest BCUT2D eigenvalue weighted by molar-refractivity contribution is 6.29. The second-order valence-electron chi connectivity index (χ2n) is 7.47. The van der Waals surface area contributed by atoms with Crippen molar-refractivity contribution in [2.24, 2.45) is 4.99 Å². The second kappa shape index (κ2) is 11.8. The highest BCUT2D eigenvalue weighted by Crippen LogP contribution is 2.30. The van der Waals surface area contributed by atoms with Gasteiger partial charge in [-0.1, -0.05) is 42.3 Å². The van der Waals surface area contributed by atoms with Gasteiger partial charge in [0.15, 0.2) is 5.96 Å². The summed E-state index contributed by atoms with van der Waals surface area (Å²) in [4.78, 5) is 11.1. The predicted molar refractivity (Wildman–Crippen MR) is 123 cm³/mol. The van der Waals surface area contributed by atoms with E-state index in [1.807, 2.05) is 30.5 Å². The van der Waals surface area contributed by atoms with E-state index in [0.717, 1.165) is 49.9 Å². The Morgan fingerprint density at radius 2 is 1.97 bits per heavy atom. The molecule has 0 amide bonds. The van der Waals surface area contributed by atoms with Gasteiger partial charge in [-0.2, -0.15) is 0 Å². The SMILES string of the molecule is CN=C(NCCc1ccc(Cl)nc1)NCC(c1ccccc1OC)N1CCCCC1. The van der Waals surface area contributed by atoms with Crippen LogP contribution in [0.15, 0.2) is 47.6 Å². The third kappa shape index (κ3) is 6.34. The Labute approximate surface area is 184 Å². The number of aliphatic imine (C=N–C) groups is 1. The van der Waals surface area contributed by atoms with Gasteiger partial charge < -0.3 is 15.4 Å². The van der Waals surface area contributed by atoms with Crippen molar-refractivity contribution < 1.29 is 4.74 Å². The van der Waals surface area contributed by atoms with Gasteiger partial charge >= 0.3 is 0 Å². The molecule has 1 aromatic heterocycles. The maximum atomic E-state index is 5.86. The third-order valence-corrected chi connectivity index (χ3v) is 5.73. The Kier molecular flexibility index (Phi) is 8.78. The summed E-state index contributed by atoms with van der Waals surface area (Å²) in [5, 5.41) is 7.43. The molecule has 0 radical (unpaired) electrons. The zero-order valence-electron chi connectivity index (χ0n) is 17.9. The van der Waals surface area contributed by atoms with E-state index in [4.69, 9.17) is 16.3 Å². The van der Waals surface area contributed by atoms with Gasteiger partial charge in [-0.15, -0.1) is 0 Å². The molecule has 0 bridgehead atoms. The minimum absolute atomic E-state index is 0.237. The summed E-state index contributed by atoms with van der Waals surface area (Å²) >= 11 is 5.86. The molecule has 1 aliphatic rings. The molecule has 1 atom stereocenters. The fourth-order valence-corrected chi connectivity index (χ4v) is 4.01. The van der Waals surface area contributed by atoms with E-state index in [1.54, 1.807) is 14.2 Å². The first-order chi connectivity index (χ1) is 14.7. The summed E-state index contributed by atoms with van der Waals surface area (Å²) < 4.78 is 5.66. The predicted octanol–water partition coefficient (Wildman–Crippen LogP) is 3.68. The van der Waals surface area contributed by atoms with E-state index in [2.05, 4.69) is 37.6 Å². The molecular formula is C23H32ClN5O. The van der Waals surface area contributed by atoms with Crippen LogP contribution in [-0.2, 0) is 6.42 Å². The second-order valence-corrected chi connectivity index (χ2v) is 7.86. The number of hydrogen-bond donors (Lipinski definition) is 2. The van der Waals surface area contributed by atoms with Gasteiger partial charge in [0, 0.05) is 31.9 Å². The molecule has 2 heterocycles. The van der Waals surface area contributed by atoms with Crippen LogP contribution in [0.3, 0.4) is 0 Å². The number of rotatable bonds is 8. The summed E-state index contributed by atoms with van der Waals surface area (Å²) in [6.45, 7) is 3.76. The molecule has 0 spiro atoms. The minimum Gasteiger partial charge on any atom is -0.496 e. The van der Waals surface area contributed by atoms with Crippen molar-refractivity contribution in [2.45, 2.75) is 31.7 Å². The van der Waals surface area contributed by atoms with Crippen LogP contribution in [-0.4, -0.2) is 56.2 Å². The highest BCUT2D eigenvalue weighted by atomic mass is 35.5. The summed E-state index contributed by atoms with van der Waals surface area (Å²) in [6.07, 6.45) is 6.47. The van der Waals surface area contributed by atoms with Crippen LogP contribution in [0.2, 0.25) is 5.15 Å². The Morgan fingerprint density at radius 3 is 2.67 bits per heavy atom. The average molecular weight is 430 g/mol. The van der Waals surface area contributed by atoms with Crippen LogP contribution in [0.1, 0.15) is 36.4 Å². The van der Waals surface area contributed by atoms with Crippen molar-refractivity contribution in [1.82, 2.24) is 20.5 Å². The Morgan fingerprint density at radius 1 is 1.17 bits per heavy atom. The van der Waals surface area contributed by atoms with E-state index >= 15 is 0 Å². The number of benzene rings is 1. The zero-order chi connectivity index (χ0) is 21.2. The number of halogens is 1. The molecule has 7 heteroatoms. The average Bonchev–Trinajstić information content (AvgIpc) is 2.80. The number of hydrogen-bond acceptors (Lipinski definition) is 4. The molecule has 1 aliphatic heterocycles. The summed E-state index contributed by atoms with van der Waals surface area (Å²) in [5.74, 6) is 1.74. The first-order valence-corrected chi connectivity index (χ1v) is 11.0. The van der Waals surface area contributed by atoms with Crippen molar-refractivity contribution in [3.8, 4) is 5.75 Å². The minimum atomic E-state index is 0.237. The van der Waals surface area contributed by atoms with E-state index in [1.165, 1.54) is 24.8 Å². The lowest BCUT2D eigenvalue weighted by Crippen LogP contribution is -2.45. The van der Waals surface area contributed by atoms with Crippen LogP contribution >= 0.6 is 11.6 Å². The highest BCUT2D eigenvalue weighted by Gasteiger charge is 2.25. The van der Waals surface area contributed by atoms with Gasteiger partial charge in [0.25, 0.3) is 0 Å². The molecule has 30 heavy (non-hydrogen) atoms. The van der Waals surface area contributed by atoms with Crippen LogP contribution < -0.4 is 15.4 Å². The lowest BCUT2D eigenvalue weighted by molar-refractivity contribution is 0.161. The van der Waals surface area contributed by atoms with Crippen molar-refractivity contribution in [1.29, 1.82) is 0 Å². The van der Waals surface area contributed by atoms with E-state index in [9.17, 15) is 0 Å². The van der Waals surface area contributed by atoms with E-state index in [-0.39, 0.29) is 6.04 Å². The van der Waals surface area contributed by atoms with Gasteiger partial charge in [0.05, 0.1) is 13.2 Å². The molecule has 6 nitrogen and oxygen atoms in total. The standard InChI is InChI=1S/C23H32ClN5O/c1-25-23(26-13-12-18-10-11-22(24)27-16-18)28-17-20(29-14-6-3-7-15-29)19-8-4-5-9-21(19)30-2/h4-5,8-11,16,20H,3,6-7,12-15,17H2,1-2H3,(H2,25,26,28). The van der Waals surface area contributed by atoms with Crippen molar-refractivity contribution in [3.63, 3.8) is 0 Å². The fraction of sp³-hybridized carbons (Fsp3) is 0.478. The van der Waals surface area contributed by atoms with E-state index < -0.39 is 0 Å². The topological polar surface area (TPSA) is 61.8 Å². The number of aromatic nitrogens is 1. The molecule has 1 aromatic carbocycles. The van der Waals surface area contributed by atoms with Gasteiger partial charge in [0.1, 0.15) is 10.9 Å². The first kappa shape index (κ1) is 22.4. The number of nitrogens with zero attached hydrogens (tertiary/aromatic N) is 3. The molecule has 0 saturated carbocycles. The van der Waals surface area contributed by atoms with Gasteiger partial charge in [-0.05, 0) is 50.0 Å². The van der Waals surface area contributed by atoms with Crippen LogP contribution in [0, 0.1) is 0 Å². The van der Waals surface area contributed by atoms with Crippen LogP contribution in [0.4, 0.5) is 0 Å². The number of pyridine rings is 1. The molecule has 3 rings (SSSR count).